The highest BCUT2D eigenvalue weighted by Crippen LogP contribution is 2.24. The summed E-state index contributed by atoms with van der Waals surface area (Å²) in [6.45, 7) is 0.793. The van der Waals surface area contributed by atoms with Crippen LogP contribution in [0.3, 0.4) is 0 Å². The summed E-state index contributed by atoms with van der Waals surface area (Å²) < 4.78 is 18.9. The number of anilines is 1. The number of hydrogen-bond acceptors (Lipinski definition) is 5. The molecule has 130 valence electrons. The fourth-order valence-corrected chi connectivity index (χ4v) is 2.13. The van der Waals surface area contributed by atoms with Gasteiger partial charge in [-0.15, -0.1) is 0 Å². The molecule has 1 N–H and O–H groups in total. The summed E-state index contributed by atoms with van der Waals surface area (Å²) in [5.74, 6) is -1.73. The Morgan fingerprint density at radius 2 is 2.00 bits per heavy atom. The van der Waals surface area contributed by atoms with Gasteiger partial charge in [0.25, 0.3) is 11.6 Å². The van der Waals surface area contributed by atoms with Crippen molar-refractivity contribution >= 4 is 34.7 Å². The van der Waals surface area contributed by atoms with Crippen molar-refractivity contribution in [3.8, 4) is 5.75 Å². The lowest BCUT2D eigenvalue weighted by molar-refractivity contribution is -0.384. The number of hydrogen-bond donors (Lipinski definition) is 1. The minimum atomic E-state index is -0.824. The monoisotopic (exact) mass is 366 g/mol. The van der Waals surface area contributed by atoms with Crippen LogP contribution in [0.1, 0.15) is 17.3 Å². The van der Waals surface area contributed by atoms with Crippen LogP contribution in [-0.2, 0) is 4.79 Å². The smallest absolute Gasteiger partial charge is 0.271 e. The van der Waals surface area contributed by atoms with E-state index in [1.807, 2.05) is 0 Å². The Bertz CT molecular complexity index is 856. The van der Waals surface area contributed by atoms with E-state index in [1.165, 1.54) is 25.1 Å². The molecule has 0 aromatic heterocycles. The molecule has 25 heavy (non-hydrogen) atoms. The molecule has 0 spiro atoms. The number of ketones is 1. The van der Waals surface area contributed by atoms with Gasteiger partial charge in [-0.05, 0) is 31.2 Å². The number of nitro benzene ring substituents is 1. The average Bonchev–Trinajstić information content (AvgIpc) is 2.55. The highest BCUT2D eigenvalue weighted by atomic mass is 35.5. The van der Waals surface area contributed by atoms with Crippen LogP contribution in [0.25, 0.3) is 0 Å². The Hall–Kier alpha value is -3.00. The summed E-state index contributed by atoms with van der Waals surface area (Å²) >= 11 is 5.80. The number of amides is 1. The third-order valence-electron chi connectivity index (χ3n) is 3.11. The van der Waals surface area contributed by atoms with Gasteiger partial charge in [-0.2, -0.15) is 0 Å². The third kappa shape index (κ3) is 4.74. The Labute approximate surface area is 146 Å². The van der Waals surface area contributed by atoms with Gasteiger partial charge >= 0.3 is 0 Å². The fourth-order valence-electron chi connectivity index (χ4n) is 1.96. The van der Waals surface area contributed by atoms with Crippen LogP contribution in [0.2, 0.25) is 5.02 Å². The van der Waals surface area contributed by atoms with Crippen LogP contribution in [0.15, 0.2) is 36.4 Å². The maximum Gasteiger partial charge on any atom is 0.271 e. The molecule has 0 aliphatic rings. The summed E-state index contributed by atoms with van der Waals surface area (Å²) in [7, 11) is 0. The zero-order valence-corrected chi connectivity index (χ0v) is 13.7. The molecule has 0 unspecified atom stereocenters. The van der Waals surface area contributed by atoms with Crippen molar-refractivity contribution in [3.05, 3.63) is 62.9 Å². The summed E-state index contributed by atoms with van der Waals surface area (Å²) in [6.07, 6.45) is 0. The Morgan fingerprint density at radius 1 is 1.28 bits per heavy atom. The van der Waals surface area contributed by atoms with Gasteiger partial charge in [0.15, 0.2) is 12.4 Å². The topological polar surface area (TPSA) is 98.5 Å². The predicted octanol–water partition coefficient (Wildman–Crippen LogP) is 3.61. The molecule has 0 saturated heterocycles. The zero-order valence-electron chi connectivity index (χ0n) is 12.9. The third-order valence-corrected chi connectivity index (χ3v) is 3.35. The number of non-ortho nitro benzene ring substituents is 1. The van der Waals surface area contributed by atoms with Crippen molar-refractivity contribution in [2.45, 2.75) is 6.92 Å². The van der Waals surface area contributed by atoms with Crippen LogP contribution in [0.4, 0.5) is 15.8 Å². The van der Waals surface area contributed by atoms with Gasteiger partial charge < -0.3 is 10.1 Å². The summed E-state index contributed by atoms with van der Waals surface area (Å²) in [4.78, 5) is 33.4. The second kappa shape index (κ2) is 7.71. The molecule has 9 heteroatoms. The molecule has 0 atom stereocenters. The predicted molar refractivity (Wildman–Crippen MR) is 88.6 cm³/mol. The molecule has 0 radical (unpaired) electrons. The van der Waals surface area contributed by atoms with Gasteiger partial charge in [-0.25, -0.2) is 4.39 Å². The number of Topliss-reactive ketones (excluding diaryl/α,β-unsaturated/α-hetero) is 1. The van der Waals surface area contributed by atoms with Gasteiger partial charge in [0, 0.05) is 17.2 Å². The highest BCUT2D eigenvalue weighted by Gasteiger charge is 2.15. The first-order valence-corrected chi connectivity index (χ1v) is 7.33. The Balaban J connectivity index is 2.08. The number of nitro groups is 1. The average molecular weight is 367 g/mol. The Morgan fingerprint density at radius 3 is 2.64 bits per heavy atom. The summed E-state index contributed by atoms with van der Waals surface area (Å²) in [6, 6.07) is 7.08. The molecule has 0 heterocycles. The fraction of sp³-hybridized carbons (Fsp3) is 0.125. The van der Waals surface area contributed by atoms with Crippen molar-refractivity contribution in [1.29, 1.82) is 0 Å². The van der Waals surface area contributed by atoms with E-state index in [-0.39, 0.29) is 28.5 Å². The van der Waals surface area contributed by atoms with E-state index in [0.29, 0.717) is 5.02 Å². The first-order chi connectivity index (χ1) is 11.8. The summed E-state index contributed by atoms with van der Waals surface area (Å²) in [5, 5.41) is 13.2. The molecule has 0 aliphatic carbocycles. The molecular weight excluding hydrogens is 355 g/mol. The van der Waals surface area contributed by atoms with Crippen LogP contribution in [0, 0.1) is 15.9 Å². The normalized spacial score (nSPS) is 10.2. The van der Waals surface area contributed by atoms with Crippen molar-refractivity contribution in [2.24, 2.45) is 0 Å². The van der Waals surface area contributed by atoms with Crippen LogP contribution >= 0.6 is 11.6 Å². The van der Waals surface area contributed by atoms with E-state index in [9.17, 15) is 24.1 Å². The minimum absolute atomic E-state index is 0.145. The van der Waals surface area contributed by atoms with Crippen molar-refractivity contribution in [3.63, 3.8) is 0 Å². The number of benzene rings is 2. The van der Waals surface area contributed by atoms with Crippen molar-refractivity contribution in [2.75, 3.05) is 11.9 Å². The number of halogens is 2. The van der Waals surface area contributed by atoms with Gasteiger partial charge in [0.2, 0.25) is 0 Å². The van der Waals surface area contributed by atoms with E-state index in [2.05, 4.69) is 5.32 Å². The molecule has 7 nitrogen and oxygen atoms in total. The Kier molecular flexibility index (Phi) is 5.66. The number of nitrogens with one attached hydrogen (secondary N) is 1. The molecule has 0 aliphatic heterocycles. The van der Waals surface area contributed by atoms with Crippen LogP contribution in [0.5, 0.6) is 5.75 Å². The molecule has 2 rings (SSSR count). The molecule has 2 aromatic rings. The lowest BCUT2D eigenvalue weighted by Crippen LogP contribution is -2.21. The first kappa shape index (κ1) is 18.3. The van der Waals surface area contributed by atoms with Gasteiger partial charge in [-0.1, -0.05) is 11.6 Å². The quantitative estimate of drug-likeness (QED) is 0.478. The van der Waals surface area contributed by atoms with E-state index < -0.39 is 23.3 Å². The second-order valence-corrected chi connectivity index (χ2v) is 5.39. The van der Waals surface area contributed by atoms with Crippen molar-refractivity contribution in [1.82, 2.24) is 0 Å². The zero-order chi connectivity index (χ0) is 18.6. The van der Waals surface area contributed by atoms with Crippen molar-refractivity contribution < 1.29 is 23.6 Å². The van der Waals surface area contributed by atoms with Crippen LogP contribution < -0.4 is 10.1 Å². The number of carbonyl (C=O) groups excluding carboxylic acids is 2. The van der Waals surface area contributed by atoms with Crippen LogP contribution in [-0.4, -0.2) is 23.2 Å². The van der Waals surface area contributed by atoms with E-state index in [4.69, 9.17) is 16.3 Å². The standard InChI is InChI=1S/C16H12ClFN2O5/c1-9(21)12-6-10(17)2-5-15(12)25-8-16(22)19-14-7-11(20(23)24)3-4-13(14)18/h2-7H,8H2,1H3,(H,19,22). The molecule has 2 aromatic carbocycles. The van der Waals surface area contributed by atoms with Gasteiger partial charge in [0.05, 0.1) is 16.2 Å². The SMILES string of the molecule is CC(=O)c1cc(Cl)ccc1OCC(=O)Nc1cc([N+](=O)[O-])ccc1F. The molecule has 0 bridgehead atoms. The second-order valence-electron chi connectivity index (χ2n) is 4.95. The minimum Gasteiger partial charge on any atom is -0.483 e. The number of carbonyl (C=O) groups is 2. The maximum absolute atomic E-state index is 13.6. The molecular formula is C16H12ClFN2O5. The van der Waals surface area contributed by atoms with E-state index in [1.54, 1.807) is 0 Å². The molecule has 0 fully saturated rings. The first-order valence-electron chi connectivity index (χ1n) is 6.95. The van der Waals surface area contributed by atoms with E-state index in [0.717, 1.165) is 18.2 Å². The molecule has 0 saturated carbocycles. The summed E-state index contributed by atoms with van der Waals surface area (Å²) in [5.41, 5.74) is -0.512. The number of ether oxygens (including phenoxy) is 1. The largest absolute Gasteiger partial charge is 0.483 e. The number of nitrogens with zero attached hydrogens (tertiary/aromatic N) is 1. The van der Waals surface area contributed by atoms with E-state index >= 15 is 0 Å². The lowest BCUT2D eigenvalue weighted by Gasteiger charge is -2.11. The number of rotatable bonds is 6. The highest BCUT2D eigenvalue weighted by molar-refractivity contribution is 6.31. The lowest BCUT2D eigenvalue weighted by atomic mass is 10.1. The molecule has 1 amide bonds. The van der Waals surface area contributed by atoms with Gasteiger partial charge in [-0.3, -0.25) is 19.7 Å². The maximum atomic E-state index is 13.6. The van der Waals surface area contributed by atoms with Gasteiger partial charge in [0.1, 0.15) is 11.6 Å².